The van der Waals surface area contributed by atoms with Crippen molar-refractivity contribution in [3.63, 3.8) is 0 Å². The van der Waals surface area contributed by atoms with Crippen LogP contribution in [0.4, 0.5) is 5.69 Å². The van der Waals surface area contributed by atoms with E-state index in [-0.39, 0.29) is 5.91 Å². The van der Waals surface area contributed by atoms with Crippen LogP contribution in [0, 0.1) is 5.92 Å². The highest BCUT2D eigenvalue weighted by molar-refractivity contribution is 7.14. The van der Waals surface area contributed by atoms with Crippen LogP contribution in [-0.4, -0.2) is 32.0 Å². The number of carbonyl (C=O) groups is 1. The maximum atomic E-state index is 12.8. The van der Waals surface area contributed by atoms with Gasteiger partial charge in [0.15, 0.2) is 0 Å². The van der Waals surface area contributed by atoms with Gasteiger partial charge in [-0.25, -0.2) is 0 Å². The monoisotopic (exact) mass is 342 g/mol. The first-order chi connectivity index (χ1) is 11.4. The van der Waals surface area contributed by atoms with Crippen molar-refractivity contribution in [2.24, 2.45) is 5.92 Å². The Morgan fingerprint density at radius 2 is 1.92 bits per heavy atom. The zero-order valence-corrected chi connectivity index (χ0v) is 15.8. The Hall–Kier alpha value is -1.81. The number of fused-ring (bicyclic) bond motifs is 1. The van der Waals surface area contributed by atoms with E-state index in [4.69, 9.17) is 0 Å². The van der Waals surface area contributed by atoms with Crippen molar-refractivity contribution >= 4 is 22.9 Å². The van der Waals surface area contributed by atoms with Crippen molar-refractivity contribution in [2.45, 2.75) is 32.7 Å². The minimum absolute atomic E-state index is 0.138. The normalized spacial score (nSPS) is 16.6. The van der Waals surface area contributed by atoms with Crippen molar-refractivity contribution in [3.05, 3.63) is 51.2 Å². The molecule has 1 amide bonds. The van der Waals surface area contributed by atoms with Crippen LogP contribution in [0.1, 0.15) is 39.0 Å². The standard InChI is InChI=1S/C20H26N2OS/c1-14-5-10-18-16(11-14)12-19(24-18)20(23)22(4)13-15-6-8-17(9-7-15)21(2)3/h6-9,12,14H,5,10-11,13H2,1-4H3. The smallest absolute Gasteiger partial charge is 0.263 e. The molecule has 1 unspecified atom stereocenters. The first-order valence-electron chi connectivity index (χ1n) is 8.57. The lowest BCUT2D eigenvalue weighted by Crippen LogP contribution is -2.25. The van der Waals surface area contributed by atoms with E-state index in [0.29, 0.717) is 6.54 Å². The van der Waals surface area contributed by atoms with Crippen molar-refractivity contribution in [2.75, 3.05) is 26.0 Å². The van der Waals surface area contributed by atoms with Crippen LogP contribution in [0.2, 0.25) is 0 Å². The lowest BCUT2D eigenvalue weighted by Gasteiger charge is -2.17. The van der Waals surface area contributed by atoms with Gasteiger partial charge in [0, 0.05) is 38.3 Å². The number of carbonyl (C=O) groups excluding carboxylic acids is 1. The second-order valence-electron chi connectivity index (χ2n) is 7.13. The number of rotatable bonds is 4. The van der Waals surface area contributed by atoms with Gasteiger partial charge in [0.25, 0.3) is 5.91 Å². The Morgan fingerprint density at radius 1 is 1.21 bits per heavy atom. The minimum Gasteiger partial charge on any atom is -0.378 e. The highest BCUT2D eigenvalue weighted by atomic mass is 32.1. The summed E-state index contributed by atoms with van der Waals surface area (Å²) in [5, 5.41) is 0. The van der Waals surface area contributed by atoms with Gasteiger partial charge >= 0.3 is 0 Å². The van der Waals surface area contributed by atoms with E-state index < -0.39 is 0 Å². The summed E-state index contributed by atoms with van der Waals surface area (Å²) >= 11 is 1.69. The van der Waals surface area contributed by atoms with Crippen LogP contribution in [0.15, 0.2) is 30.3 Å². The number of nitrogens with zero attached hydrogens (tertiary/aromatic N) is 2. The van der Waals surface area contributed by atoms with Gasteiger partial charge in [-0.15, -0.1) is 11.3 Å². The fourth-order valence-corrected chi connectivity index (χ4v) is 4.45. The quantitative estimate of drug-likeness (QED) is 0.831. The molecule has 0 N–H and O–H groups in total. The molecule has 24 heavy (non-hydrogen) atoms. The van der Waals surface area contributed by atoms with Crippen molar-refractivity contribution in [1.29, 1.82) is 0 Å². The number of aryl methyl sites for hydroxylation is 1. The summed E-state index contributed by atoms with van der Waals surface area (Å²) in [4.78, 5) is 19.0. The molecule has 1 heterocycles. The number of hydrogen-bond donors (Lipinski definition) is 0. The van der Waals surface area contributed by atoms with Crippen molar-refractivity contribution in [3.8, 4) is 0 Å². The first-order valence-corrected chi connectivity index (χ1v) is 9.39. The maximum Gasteiger partial charge on any atom is 0.263 e. The van der Waals surface area contributed by atoms with Gasteiger partial charge in [0.05, 0.1) is 4.88 Å². The lowest BCUT2D eigenvalue weighted by atomic mass is 9.90. The molecule has 4 heteroatoms. The Kier molecular flexibility index (Phi) is 4.95. The average molecular weight is 343 g/mol. The summed E-state index contributed by atoms with van der Waals surface area (Å²) in [6.45, 7) is 2.94. The van der Waals surface area contributed by atoms with Gasteiger partial charge in [-0.05, 0) is 54.5 Å². The van der Waals surface area contributed by atoms with E-state index in [2.05, 4.69) is 42.2 Å². The zero-order chi connectivity index (χ0) is 17.3. The van der Waals surface area contributed by atoms with E-state index in [0.717, 1.165) is 29.2 Å². The van der Waals surface area contributed by atoms with Crippen LogP contribution in [0.25, 0.3) is 0 Å². The molecule has 0 aliphatic heterocycles. The average Bonchev–Trinajstić information content (AvgIpc) is 2.97. The van der Waals surface area contributed by atoms with E-state index in [9.17, 15) is 4.79 Å². The molecule has 3 nitrogen and oxygen atoms in total. The van der Waals surface area contributed by atoms with Gasteiger partial charge in [0.1, 0.15) is 0 Å². The number of benzene rings is 1. The topological polar surface area (TPSA) is 23.6 Å². The second kappa shape index (κ2) is 6.98. The molecule has 0 bridgehead atoms. The molecule has 1 aromatic heterocycles. The molecule has 0 spiro atoms. The molecular weight excluding hydrogens is 316 g/mol. The molecule has 0 fully saturated rings. The van der Waals surface area contributed by atoms with Crippen LogP contribution in [-0.2, 0) is 19.4 Å². The summed E-state index contributed by atoms with van der Waals surface area (Å²) in [5.74, 6) is 0.877. The second-order valence-corrected chi connectivity index (χ2v) is 8.27. The largest absolute Gasteiger partial charge is 0.378 e. The molecule has 1 atom stereocenters. The third-order valence-electron chi connectivity index (χ3n) is 4.76. The molecule has 0 saturated heterocycles. The summed E-state index contributed by atoms with van der Waals surface area (Å²) < 4.78 is 0. The Labute approximate surface area is 148 Å². The number of amides is 1. The van der Waals surface area contributed by atoms with E-state index in [1.807, 2.05) is 26.0 Å². The van der Waals surface area contributed by atoms with E-state index in [1.165, 1.54) is 22.5 Å². The fraction of sp³-hybridized carbons (Fsp3) is 0.450. The summed E-state index contributed by atoms with van der Waals surface area (Å²) in [6, 6.07) is 10.5. The van der Waals surface area contributed by atoms with Gasteiger partial charge in [0.2, 0.25) is 0 Å². The van der Waals surface area contributed by atoms with Gasteiger partial charge in [-0.3, -0.25) is 4.79 Å². The molecule has 1 aromatic carbocycles. The maximum absolute atomic E-state index is 12.8. The molecule has 1 aliphatic rings. The van der Waals surface area contributed by atoms with Crippen LogP contribution in [0.3, 0.4) is 0 Å². The molecule has 2 aromatic rings. The molecule has 0 radical (unpaired) electrons. The van der Waals surface area contributed by atoms with Gasteiger partial charge in [-0.2, -0.15) is 0 Å². The first kappa shape index (κ1) is 17.0. The SMILES string of the molecule is CC1CCc2sc(C(=O)N(C)Cc3ccc(N(C)C)cc3)cc2C1. The van der Waals surface area contributed by atoms with Crippen molar-refractivity contribution < 1.29 is 4.79 Å². The fourth-order valence-electron chi connectivity index (χ4n) is 3.24. The summed E-state index contributed by atoms with van der Waals surface area (Å²) in [6.07, 6.45) is 3.49. The highest BCUT2D eigenvalue weighted by Crippen LogP contribution is 2.32. The number of hydrogen-bond acceptors (Lipinski definition) is 3. The Balaban J connectivity index is 1.68. The molecule has 0 saturated carbocycles. The van der Waals surface area contributed by atoms with Gasteiger partial charge in [-0.1, -0.05) is 19.1 Å². The van der Waals surface area contributed by atoms with Gasteiger partial charge < -0.3 is 9.80 Å². The number of thiophene rings is 1. The number of anilines is 1. The zero-order valence-electron chi connectivity index (χ0n) is 15.0. The molecule has 128 valence electrons. The van der Waals surface area contributed by atoms with E-state index >= 15 is 0 Å². The van der Waals surface area contributed by atoms with Crippen LogP contribution in [0.5, 0.6) is 0 Å². The Bertz CT molecular complexity index is 718. The highest BCUT2D eigenvalue weighted by Gasteiger charge is 2.22. The third kappa shape index (κ3) is 3.64. The summed E-state index contributed by atoms with van der Waals surface area (Å²) in [7, 11) is 5.96. The third-order valence-corrected chi connectivity index (χ3v) is 5.98. The predicted molar refractivity (Wildman–Crippen MR) is 102 cm³/mol. The summed E-state index contributed by atoms with van der Waals surface area (Å²) in [5.41, 5.74) is 3.73. The van der Waals surface area contributed by atoms with Crippen LogP contribution >= 0.6 is 11.3 Å². The predicted octanol–water partition coefficient (Wildman–Crippen LogP) is 4.21. The lowest BCUT2D eigenvalue weighted by molar-refractivity contribution is 0.0790. The molecule has 3 rings (SSSR count). The molecule has 1 aliphatic carbocycles. The van der Waals surface area contributed by atoms with Crippen molar-refractivity contribution in [1.82, 2.24) is 4.90 Å². The van der Waals surface area contributed by atoms with E-state index in [1.54, 1.807) is 11.3 Å². The molecular formula is C20H26N2OS. The minimum atomic E-state index is 0.138. The Morgan fingerprint density at radius 3 is 2.58 bits per heavy atom. The van der Waals surface area contributed by atoms with Crippen LogP contribution < -0.4 is 4.90 Å².